The summed E-state index contributed by atoms with van der Waals surface area (Å²) < 4.78 is 1.96. The second kappa shape index (κ2) is 9.39. The van der Waals surface area contributed by atoms with Gasteiger partial charge in [-0.25, -0.2) is 0 Å². The van der Waals surface area contributed by atoms with Gasteiger partial charge >= 0.3 is 0 Å². The quantitative estimate of drug-likeness (QED) is 0.456. The number of halogens is 1. The first kappa shape index (κ1) is 19.2. The Balaban J connectivity index is 1.61. The molecule has 0 saturated heterocycles. The largest absolute Gasteiger partial charge is 0.351 e. The number of carbonyl (C=O) groups excluding carboxylic acids is 1. The van der Waals surface area contributed by atoms with Crippen molar-refractivity contribution in [2.24, 2.45) is 0 Å². The molecule has 0 atom stereocenters. The summed E-state index contributed by atoms with van der Waals surface area (Å²) in [4.78, 5) is 12.2. The van der Waals surface area contributed by atoms with E-state index >= 15 is 0 Å². The van der Waals surface area contributed by atoms with Crippen LogP contribution in [0.3, 0.4) is 0 Å². The normalized spacial score (nSPS) is 10.6. The van der Waals surface area contributed by atoms with Crippen LogP contribution in [0.5, 0.6) is 0 Å². The van der Waals surface area contributed by atoms with Gasteiger partial charge in [0.15, 0.2) is 11.0 Å². The number of thioether (sulfide) groups is 1. The molecule has 0 radical (unpaired) electrons. The molecule has 1 heterocycles. The van der Waals surface area contributed by atoms with Crippen LogP contribution in [-0.2, 0) is 17.9 Å². The van der Waals surface area contributed by atoms with E-state index in [0.29, 0.717) is 23.3 Å². The molecule has 0 aliphatic carbocycles. The number of nitrogens with one attached hydrogen (secondary N) is 1. The SMILES string of the molecule is C=CCn1c(SCC(=O)NCc2ccc(Cl)cc2)nnc1-c1ccccc1. The van der Waals surface area contributed by atoms with Gasteiger partial charge in [0, 0.05) is 23.7 Å². The Morgan fingerprint density at radius 1 is 1.15 bits per heavy atom. The van der Waals surface area contributed by atoms with Crippen molar-refractivity contribution in [3.05, 3.63) is 77.8 Å². The predicted molar refractivity (Wildman–Crippen MR) is 110 cm³/mol. The summed E-state index contributed by atoms with van der Waals surface area (Å²) in [5.74, 6) is 0.960. The van der Waals surface area contributed by atoms with Gasteiger partial charge in [0.25, 0.3) is 0 Å². The van der Waals surface area contributed by atoms with Crippen molar-refractivity contribution >= 4 is 29.3 Å². The van der Waals surface area contributed by atoms with Crippen molar-refractivity contribution in [1.29, 1.82) is 0 Å². The van der Waals surface area contributed by atoms with Gasteiger partial charge in [-0.05, 0) is 17.7 Å². The molecule has 1 aromatic heterocycles. The zero-order valence-electron chi connectivity index (χ0n) is 14.6. The van der Waals surface area contributed by atoms with Crippen molar-refractivity contribution in [3.63, 3.8) is 0 Å². The molecule has 0 bridgehead atoms. The fourth-order valence-electron chi connectivity index (χ4n) is 2.47. The summed E-state index contributed by atoms with van der Waals surface area (Å²) in [7, 11) is 0. The molecule has 2 aromatic carbocycles. The fourth-order valence-corrected chi connectivity index (χ4v) is 3.38. The maximum Gasteiger partial charge on any atom is 0.230 e. The Hall–Kier alpha value is -2.57. The number of carbonyl (C=O) groups is 1. The average molecular weight is 399 g/mol. The Kier molecular flexibility index (Phi) is 6.68. The first-order chi connectivity index (χ1) is 13.2. The molecule has 0 unspecified atom stereocenters. The number of benzene rings is 2. The molecule has 7 heteroatoms. The molecule has 0 fully saturated rings. The van der Waals surface area contributed by atoms with Gasteiger partial charge < -0.3 is 5.32 Å². The minimum atomic E-state index is -0.0654. The lowest BCUT2D eigenvalue weighted by molar-refractivity contribution is -0.118. The van der Waals surface area contributed by atoms with Gasteiger partial charge in [0.05, 0.1) is 5.75 Å². The Morgan fingerprint density at radius 2 is 1.89 bits per heavy atom. The van der Waals surface area contributed by atoms with Gasteiger partial charge in [-0.3, -0.25) is 9.36 Å². The van der Waals surface area contributed by atoms with E-state index in [1.54, 1.807) is 18.2 Å². The zero-order valence-corrected chi connectivity index (χ0v) is 16.2. The van der Waals surface area contributed by atoms with Crippen LogP contribution in [0.1, 0.15) is 5.56 Å². The third-order valence-electron chi connectivity index (χ3n) is 3.80. The number of hydrogen-bond donors (Lipinski definition) is 1. The molecule has 3 aromatic rings. The third-order valence-corrected chi connectivity index (χ3v) is 5.01. The lowest BCUT2D eigenvalue weighted by Crippen LogP contribution is -2.24. The Bertz CT molecular complexity index is 909. The van der Waals surface area contributed by atoms with E-state index in [1.165, 1.54) is 11.8 Å². The first-order valence-corrected chi connectivity index (χ1v) is 9.77. The highest BCUT2D eigenvalue weighted by Crippen LogP contribution is 2.23. The van der Waals surface area contributed by atoms with Gasteiger partial charge in [-0.2, -0.15) is 0 Å². The van der Waals surface area contributed by atoms with Crippen LogP contribution in [0.4, 0.5) is 0 Å². The average Bonchev–Trinajstić information content (AvgIpc) is 3.09. The van der Waals surface area contributed by atoms with E-state index in [2.05, 4.69) is 22.1 Å². The molecule has 0 aliphatic heterocycles. The topological polar surface area (TPSA) is 59.8 Å². The Morgan fingerprint density at radius 3 is 2.59 bits per heavy atom. The molecule has 5 nitrogen and oxygen atoms in total. The lowest BCUT2D eigenvalue weighted by Gasteiger charge is -2.08. The molecular formula is C20H19ClN4OS. The van der Waals surface area contributed by atoms with Crippen molar-refractivity contribution in [1.82, 2.24) is 20.1 Å². The van der Waals surface area contributed by atoms with Crippen LogP contribution in [0.25, 0.3) is 11.4 Å². The molecule has 138 valence electrons. The second-order valence-corrected chi connectivity index (χ2v) is 7.14. The maximum atomic E-state index is 12.2. The first-order valence-electron chi connectivity index (χ1n) is 8.41. The third kappa shape index (κ3) is 5.21. The van der Waals surface area contributed by atoms with Crippen molar-refractivity contribution in [3.8, 4) is 11.4 Å². The summed E-state index contributed by atoms with van der Waals surface area (Å²) in [6.45, 7) is 4.84. The molecular weight excluding hydrogens is 380 g/mol. The minimum Gasteiger partial charge on any atom is -0.351 e. The van der Waals surface area contributed by atoms with E-state index in [4.69, 9.17) is 11.6 Å². The number of aromatic nitrogens is 3. The summed E-state index contributed by atoms with van der Waals surface area (Å²) in [5.41, 5.74) is 1.98. The van der Waals surface area contributed by atoms with Crippen LogP contribution in [-0.4, -0.2) is 26.4 Å². The van der Waals surface area contributed by atoms with E-state index in [9.17, 15) is 4.79 Å². The highest BCUT2D eigenvalue weighted by Gasteiger charge is 2.14. The van der Waals surface area contributed by atoms with Crippen LogP contribution in [0.15, 0.2) is 72.4 Å². The summed E-state index contributed by atoms with van der Waals surface area (Å²) in [6, 6.07) is 17.2. The summed E-state index contributed by atoms with van der Waals surface area (Å²) in [6.07, 6.45) is 1.79. The van der Waals surface area contributed by atoms with Crippen LogP contribution >= 0.6 is 23.4 Å². The fraction of sp³-hybridized carbons (Fsp3) is 0.150. The van der Waals surface area contributed by atoms with Crippen LogP contribution in [0, 0.1) is 0 Å². The molecule has 1 amide bonds. The Labute approximate surface area is 167 Å². The van der Waals surface area contributed by atoms with E-state index in [-0.39, 0.29) is 11.7 Å². The number of hydrogen-bond acceptors (Lipinski definition) is 4. The van der Waals surface area contributed by atoms with Crippen LogP contribution in [0.2, 0.25) is 5.02 Å². The molecule has 0 aliphatic rings. The van der Waals surface area contributed by atoms with Gasteiger partial charge in [-0.1, -0.05) is 71.9 Å². The maximum absolute atomic E-state index is 12.2. The van der Waals surface area contributed by atoms with E-state index in [0.717, 1.165) is 17.0 Å². The van der Waals surface area contributed by atoms with Gasteiger partial charge in [0.2, 0.25) is 5.91 Å². The van der Waals surface area contributed by atoms with Crippen molar-refractivity contribution in [2.45, 2.75) is 18.2 Å². The number of nitrogens with zero attached hydrogens (tertiary/aromatic N) is 3. The predicted octanol–water partition coefficient (Wildman–Crippen LogP) is 4.19. The van der Waals surface area contributed by atoms with Crippen LogP contribution < -0.4 is 5.32 Å². The second-order valence-electron chi connectivity index (χ2n) is 5.76. The van der Waals surface area contributed by atoms with Gasteiger partial charge in [-0.15, -0.1) is 16.8 Å². The van der Waals surface area contributed by atoms with Crippen molar-refractivity contribution in [2.75, 3.05) is 5.75 Å². The van der Waals surface area contributed by atoms with Gasteiger partial charge in [0.1, 0.15) is 0 Å². The molecule has 0 spiro atoms. The van der Waals surface area contributed by atoms with E-state index < -0.39 is 0 Å². The lowest BCUT2D eigenvalue weighted by atomic mass is 10.2. The number of rotatable bonds is 8. The molecule has 0 saturated carbocycles. The number of amides is 1. The minimum absolute atomic E-state index is 0.0654. The highest BCUT2D eigenvalue weighted by atomic mass is 35.5. The molecule has 3 rings (SSSR count). The zero-order chi connectivity index (χ0) is 19.1. The summed E-state index contributed by atoms with van der Waals surface area (Å²) in [5, 5.41) is 12.8. The smallest absolute Gasteiger partial charge is 0.230 e. The van der Waals surface area contributed by atoms with E-state index in [1.807, 2.05) is 47.0 Å². The monoisotopic (exact) mass is 398 g/mol. The summed E-state index contributed by atoms with van der Waals surface area (Å²) >= 11 is 7.22. The standard InChI is InChI=1S/C20H19ClN4OS/c1-2-12-25-19(16-6-4-3-5-7-16)23-24-20(25)27-14-18(26)22-13-15-8-10-17(21)11-9-15/h2-11H,1,12-14H2,(H,22,26). The van der Waals surface area contributed by atoms with Crippen molar-refractivity contribution < 1.29 is 4.79 Å². The molecule has 27 heavy (non-hydrogen) atoms. The molecule has 1 N–H and O–H groups in total. The highest BCUT2D eigenvalue weighted by molar-refractivity contribution is 7.99. The number of allylic oxidation sites excluding steroid dienone is 1.